The molecule has 0 saturated carbocycles. The molecule has 0 spiro atoms. The number of halogens is 1. The minimum atomic E-state index is -0.200. The molecule has 0 bridgehead atoms. The van der Waals surface area contributed by atoms with Crippen molar-refractivity contribution in [1.29, 1.82) is 0 Å². The Balaban J connectivity index is 1.80. The van der Waals surface area contributed by atoms with E-state index in [9.17, 15) is 4.79 Å². The Hall–Kier alpha value is -1.79. The number of amides is 1. The fourth-order valence-electron chi connectivity index (χ4n) is 2.47. The minimum absolute atomic E-state index is 0.200. The SMILES string of the molecule is CCN(CCNC(=O)c1ccc(COc2cccc(Br)c2)o1)C(C)C. The summed E-state index contributed by atoms with van der Waals surface area (Å²) in [4.78, 5) is 14.4. The lowest BCUT2D eigenvalue weighted by molar-refractivity contribution is 0.0914. The molecular formula is C19H25BrN2O3. The van der Waals surface area contributed by atoms with Gasteiger partial charge in [-0.05, 0) is 50.7 Å². The third-order valence-corrected chi connectivity index (χ3v) is 4.38. The van der Waals surface area contributed by atoms with Crippen molar-refractivity contribution >= 4 is 21.8 Å². The number of likely N-dealkylation sites (N-methyl/N-ethyl adjacent to an activating group) is 1. The summed E-state index contributed by atoms with van der Waals surface area (Å²) in [7, 11) is 0. The molecule has 0 radical (unpaired) electrons. The first-order valence-corrected chi connectivity index (χ1v) is 9.28. The van der Waals surface area contributed by atoms with Gasteiger partial charge in [-0.2, -0.15) is 0 Å². The van der Waals surface area contributed by atoms with Gasteiger partial charge < -0.3 is 14.5 Å². The molecule has 0 aliphatic carbocycles. The number of carbonyl (C=O) groups excluding carboxylic acids is 1. The first kappa shape index (κ1) is 19.5. The lowest BCUT2D eigenvalue weighted by atomic mass is 10.3. The van der Waals surface area contributed by atoms with Crippen molar-refractivity contribution in [2.24, 2.45) is 0 Å². The molecule has 1 heterocycles. The highest BCUT2D eigenvalue weighted by atomic mass is 79.9. The Morgan fingerprint density at radius 2 is 2.12 bits per heavy atom. The van der Waals surface area contributed by atoms with E-state index < -0.39 is 0 Å². The lowest BCUT2D eigenvalue weighted by Crippen LogP contribution is -2.38. The fourth-order valence-corrected chi connectivity index (χ4v) is 2.85. The number of ether oxygens (including phenoxy) is 1. The van der Waals surface area contributed by atoms with Crippen LogP contribution in [0.3, 0.4) is 0 Å². The third kappa shape index (κ3) is 6.21. The van der Waals surface area contributed by atoms with Gasteiger partial charge in [0, 0.05) is 23.6 Å². The van der Waals surface area contributed by atoms with E-state index in [1.807, 2.05) is 24.3 Å². The van der Waals surface area contributed by atoms with E-state index in [-0.39, 0.29) is 12.5 Å². The predicted molar refractivity (Wildman–Crippen MR) is 102 cm³/mol. The summed E-state index contributed by atoms with van der Waals surface area (Å²) < 4.78 is 12.2. The van der Waals surface area contributed by atoms with Crippen LogP contribution in [0.25, 0.3) is 0 Å². The fraction of sp³-hybridized carbons (Fsp3) is 0.421. The number of nitrogens with one attached hydrogen (secondary N) is 1. The molecule has 1 aromatic carbocycles. The topological polar surface area (TPSA) is 54.7 Å². The zero-order valence-corrected chi connectivity index (χ0v) is 16.5. The maximum atomic E-state index is 12.1. The number of carbonyl (C=O) groups is 1. The van der Waals surface area contributed by atoms with E-state index in [1.54, 1.807) is 12.1 Å². The molecular weight excluding hydrogens is 384 g/mol. The van der Waals surface area contributed by atoms with Gasteiger partial charge in [-0.1, -0.05) is 28.9 Å². The molecule has 2 rings (SSSR count). The number of hydrogen-bond donors (Lipinski definition) is 1. The number of nitrogens with zero attached hydrogens (tertiary/aromatic N) is 1. The van der Waals surface area contributed by atoms with Crippen molar-refractivity contribution in [3.05, 3.63) is 52.4 Å². The summed E-state index contributed by atoms with van der Waals surface area (Å²) in [5.41, 5.74) is 0. The number of furan rings is 1. The van der Waals surface area contributed by atoms with Gasteiger partial charge in [0.05, 0.1) is 0 Å². The highest BCUT2D eigenvalue weighted by Crippen LogP contribution is 2.19. The van der Waals surface area contributed by atoms with Crippen LogP contribution in [0.15, 0.2) is 45.3 Å². The van der Waals surface area contributed by atoms with Gasteiger partial charge in [-0.15, -0.1) is 0 Å². The summed E-state index contributed by atoms with van der Waals surface area (Å²) in [6.45, 7) is 9.07. The molecule has 0 atom stereocenters. The monoisotopic (exact) mass is 408 g/mol. The summed E-state index contributed by atoms with van der Waals surface area (Å²) in [5.74, 6) is 1.46. The van der Waals surface area contributed by atoms with E-state index in [4.69, 9.17) is 9.15 Å². The second-order valence-corrected chi connectivity index (χ2v) is 6.91. The van der Waals surface area contributed by atoms with Crippen LogP contribution in [0.1, 0.15) is 37.1 Å². The Morgan fingerprint density at radius 3 is 2.80 bits per heavy atom. The minimum Gasteiger partial charge on any atom is -0.486 e. The van der Waals surface area contributed by atoms with Crippen molar-refractivity contribution < 1.29 is 13.9 Å². The Bertz CT molecular complexity index is 685. The molecule has 0 aliphatic heterocycles. The molecule has 1 aromatic heterocycles. The Kier molecular flexibility index (Phi) is 7.52. The summed E-state index contributed by atoms with van der Waals surface area (Å²) in [6, 6.07) is 11.5. The van der Waals surface area contributed by atoms with Crippen molar-refractivity contribution in [3.63, 3.8) is 0 Å². The van der Waals surface area contributed by atoms with Crippen LogP contribution >= 0.6 is 15.9 Å². The van der Waals surface area contributed by atoms with Gasteiger partial charge >= 0.3 is 0 Å². The highest BCUT2D eigenvalue weighted by molar-refractivity contribution is 9.10. The van der Waals surface area contributed by atoms with Gasteiger partial charge in [0.1, 0.15) is 18.1 Å². The van der Waals surface area contributed by atoms with Gasteiger partial charge in [-0.25, -0.2) is 0 Å². The molecule has 0 fully saturated rings. The zero-order valence-electron chi connectivity index (χ0n) is 14.9. The van der Waals surface area contributed by atoms with Crippen LogP contribution < -0.4 is 10.1 Å². The van der Waals surface area contributed by atoms with E-state index in [1.165, 1.54) is 0 Å². The summed E-state index contributed by atoms with van der Waals surface area (Å²) in [6.07, 6.45) is 0. The lowest BCUT2D eigenvalue weighted by Gasteiger charge is -2.24. The van der Waals surface area contributed by atoms with E-state index in [2.05, 4.69) is 46.9 Å². The largest absolute Gasteiger partial charge is 0.486 e. The molecule has 5 nitrogen and oxygen atoms in total. The number of rotatable bonds is 9. The zero-order chi connectivity index (χ0) is 18.2. The molecule has 2 aromatic rings. The molecule has 136 valence electrons. The quantitative estimate of drug-likeness (QED) is 0.678. The van der Waals surface area contributed by atoms with Gasteiger partial charge in [0.2, 0.25) is 0 Å². The predicted octanol–water partition coefficient (Wildman–Crippen LogP) is 4.08. The first-order chi connectivity index (χ1) is 12.0. The van der Waals surface area contributed by atoms with Crippen molar-refractivity contribution in [1.82, 2.24) is 10.2 Å². The van der Waals surface area contributed by atoms with Crippen LogP contribution in [-0.2, 0) is 6.61 Å². The summed E-state index contributed by atoms with van der Waals surface area (Å²) in [5, 5.41) is 2.89. The molecule has 1 N–H and O–H groups in total. The maximum Gasteiger partial charge on any atom is 0.287 e. The van der Waals surface area contributed by atoms with E-state index in [0.29, 0.717) is 24.1 Å². The first-order valence-electron chi connectivity index (χ1n) is 8.49. The molecule has 25 heavy (non-hydrogen) atoms. The second kappa shape index (κ2) is 9.63. The highest BCUT2D eigenvalue weighted by Gasteiger charge is 2.12. The normalized spacial score (nSPS) is 11.1. The van der Waals surface area contributed by atoms with E-state index in [0.717, 1.165) is 23.3 Å². The third-order valence-electron chi connectivity index (χ3n) is 3.88. The van der Waals surface area contributed by atoms with Crippen LogP contribution in [0.5, 0.6) is 5.75 Å². The van der Waals surface area contributed by atoms with Gasteiger partial charge in [-0.3, -0.25) is 9.69 Å². The Morgan fingerprint density at radius 1 is 1.32 bits per heavy atom. The van der Waals surface area contributed by atoms with Crippen LogP contribution in [0, 0.1) is 0 Å². The molecule has 1 amide bonds. The van der Waals surface area contributed by atoms with Crippen molar-refractivity contribution in [3.8, 4) is 5.75 Å². The molecule has 0 aliphatic rings. The molecule has 0 saturated heterocycles. The maximum absolute atomic E-state index is 12.1. The van der Waals surface area contributed by atoms with Crippen molar-refractivity contribution in [2.45, 2.75) is 33.4 Å². The smallest absolute Gasteiger partial charge is 0.287 e. The molecule has 6 heteroatoms. The van der Waals surface area contributed by atoms with Crippen LogP contribution in [-0.4, -0.2) is 36.5 Å². The van der Waals surface area contributed by atoms with E-state index >= 15 is 0 Å². The van der Waals surface area contributed by atoms with Crippen molar-refractivity contribution in [2.75, 3.05) is 19.6 Å². The van der Waals surface area contributed by atoms with Gasteiger partial charge in [0.15, 0.2) is 5.76 Å². The molecule has 0 unspecified atom stereocenters. The van der Waals surface area contributed by atoms with Gasteiger partial charge in [0.25, 0.3) is 5.91 Å². The summed E-state index contributed by atoms with van der Waals surface area (Å²) >= 11 is 3.40. The number of hydrogen-bond acceptors (Lipinski definition) is 4. The van der Waals surface area contributed by atoms with Crippen LogP contribution in [0.4, 0.5) is 0 Å². The Labute approximate surface area is 157 Å². The average Bonchev–Trinajstić information content (AvgIpc) is 3.05. The second-order valence-electron chi connectivity index (χ2n) is 5.99. The average molecular weight is 409 g/mol. The number of benzene rings is 1. The standard InChI is InChI=1S/C19H25BrN2O3/c1-4-22(14(2)3)11-10-21-19(23)18-9-8-17(25-18)13-24-16-7-5-6-15(20)12-16/h5-9,12,14H,4,10-11,13H2,1-3H3,(H,21,23). The van der Waals surface area contributed by atoms with Crippen LogP contribution in [0.2, 0.25) is 0 Å².